The molecule has 1 aromatic heterocycles. The first-order chi connectivity index (χ1) is 29.2. The van der Waals surface area contributed by atoms with Crippen molar-refractivity contribution in [2.24, 2.45) is 0 Å². The van der Waals surface area contributed by atoms with E-state index in [1.54, 1.807) is 0 Å². The average Bonchev–Trinajstić information content (AvgIpc) is 3.31. The number of benzene rings is 9. The normalized spacial score (nSPS) is 13.3. The number of fused-ring (bicyclic) bond motifs is 10. The Bertz CT molecular complexity index is 3290. The lowest BCUT2D eigenvalue weighted by molar-refractivity contribution is 0.709. The van der Waals surface area contributed by atoms with E-state index in [-0.39, 0.29) is 5.56 Å². The molecule has 3 nitrogen and oxygen atoms in total. The third kappa shape index (κ3) is 4.79. The van der Waals surface area contributed by atoms with Gasteiger partial charge in [0.15, 0.2) is 0 Å². The van der Waals surface area contributed by atoms with Gasteiger partial charge in [-0.2, -0.15) is 0 Å². The van der Waals surface area contributed by atoms with E-state index in [9.17, 15) is 0 Å². The van der Waals surface area contributed by atoms with Gasteiger partial charge in [-0.25, -0.2) is 0 Å². The van der Waals surface area contributed by atoms with Crippen molar-refractivity contribution in [2.45, 2.75) is 5.41 Å². The molecule has 0 amide bonds. The van der Waals surface area contributed by atoms with Crippen molar-refractivity contribution in [3.63, 3.8) is 0 Å². The minimum atomic E-state index is -0.821. The monoisotopic (exact) mass is 752 g/mol. The molecule has 9 aromatic carbocycles. The number of nitrogens with zero attached hydrogens (tertiary/aromatic N) is 2. The topological polar surface area (TPSA) is 25.2 Å². The number of pyridine rings is 1. The van der Waals surface area contributed by atoms with Crippen molar-refractivity contribution in [3.8, 4) is 39.1 Å². The maximum Gasteiger partial charge on any atom is 0.263 e. The fraction of sp³-hybridized carbons (Fsp3) is 0.0179. The van der Waals surface area contributed by atoms with Crippen molar-refractivity contribution < 1.29 is 0 Å². The fourth-order valence-corrected chi connectivity index (χ4v) is 10.0. The van der Waals surface area contributed by atoms with Gasteiger partial charge in [-0.1, -0.05) is 158 Å². The van der Waals surface area contributed by atoms with Gasteiger partial charge in [-0.3, -0.25) is 9.36 Å². The van der Waals surface area contributed by atoms with Gasteiger partial charge >= 0.3 is 0 Å². The lowest BCUT2D eigenvalue weighted by Crippen LogP contribution is -2.42. The smallest absolute Gasteiger partial charge is 0.263 e. The zero-order valence-corrected chi connectivity index (χ0v) is 32.1. The maximum atomic E-state index is 15.4. The second kappa shape index (κ2) is 12.9. The van der Waals surface area contributed by atoms with Crippen LogP contribution in [0.15, 0.2) is 223 Å². The van der Waals surface area contributed by atoms with Crippen molar-refractivity contribution in [2.75, 3.05) is 4.90 Å². The molecule has 3 heterocycles. The summed E-state index contributed by atoms with van der Waals surface area (Å²) in [6, 6.07) is 77.9. The lowest BCUT2D eigenvalue weighted by atomic mass is 9.60. The zero-order valence-electron chi connectivity index (χ0n) is 32.1. The summed E-state index contributed by atoms with van der Waals surface area (Å²) in [7, 11) is 0. The molecule has 0 saturated carbocycles. The van der Waals surface area contributed by atoms with Gasteiger partial charge in [0, 0.05) is 16.5 Å². The summed E-state index contributed by atoms with van der Waals surface area (Å²) < 4.78 is 2.02. The highest BCUT2D eigenvalue weighted by atomic mass is 16.1. The molecule has 1 spiro atoms. The highest BCUT2D eigenvalue weighted by Gasteiger charge is 2.51. The molecule has 0 atom stereocenters. The zero-order chi connectivity index (χ0) is 39.1. The Morgan fingerprint density at radius 2 is 0.797 bits per heavy atom. The Morgan fingerprint density at radius 1 is 0.322 bits per heavy atom. The van der Waals surface area contributed by atoms with E-state index in [0.717, 1.165) is 94.7 Å². The Balaban J connectivity index is 1.31. The second-order valence-electron chi connectivity index (χ2n) is 15.6. The number of rotatable bonds is 4. The average molecular weight is 753 g/mol. The third-order valence-electron chi connectivity index (χ3n) is 12.6. The molecule has 2 aliphatic rings. The van der Waals surface area contributed by atoms with Crippen LogP contribution >= 0.6 is 0 Å². The lowest BCUT2D eigenvalue weighted by Gasteiger charge is -2.49. The van der Waals surface area contributed by atoms with Gasteiger partial charge in [-0.05, 0) is 122 Å². The maximum absolute atomic E-state index is 15.4. The summed E-state index contributed by atoms with van der Waals surface area (Å²) in [6.45, 7) is 0. The first kappa shape index (κ1) is 33.4. The van der Waals surface area contributed by atoms with Crippen LogP contribution in [0.25, 0.3) is 60.7 Å². The summed E-state index contributed by atoms with van der Waals surface area (Å²) in [5, 5.41) is 2.69. The van der Waals surface area contributed by atoms with Gasteiger partial charge in [0.2, 0.25) is 0 Å². The Hall–Kier alpha value is -7.75. The molecule has 0 saturated heterocycles. The van der Waals surface area contributed by atoms with Crippen LogP contribution in [0.2, 0.25) is 0 Å². The van der Waals surface area contributed by atoms with Gasteiger partial charge in [-0.15, -0.1) is 0 Å². The van der Waals surface area contributed by atoms with Crippen molar-refractivity contribution in [1.82, 2.24) is 4.57 Å². The second-order valence-corrected chi connectivity index (χ2v) is 15.6. The van der Waals surface area contributed by atoms with E-state index in [1.807, 2.05) is 16.7 Å². The highest BCUT2D eigenvalue weighted by molar-refractivity contribution is 6.12. The molecule has 10 aromatic rings. The Kier molecular flexibility index (Phi) is 7.29. The van der Waals surface area contributed by atoms with E-state index >= 15 is 4.79 Å². The van der Waals surface area contributed by atoms with Crippen molar-refractivity contribution in [3.05, 3.63) is 251 Å². The van der Waals surface area contributed by atoms with Gasteiger partial charge in [0.1, 0.15) is 0 Å². The third-order valence-corrected chi connectivity index (χ3v) is 12.6. The minimum Gasteiger partial charge on any atom is -0.310 e. The van der Waals surface area contributed by atoms with E-state index in [1.165, 1.54) is 0 Å². The molecular formula is C56H36N2O. The highest BCUT2D eigenvalue weighted by Crippen LogP contribution is 2.61. The molecular weight excluding hydrogens is 717 g/mol. The first-order valence-electron chi connectivity index (χ1n) is 20.2. The SMILES string of the molecule is O=c1c2ccc(-c3ccccc3)cc2c2cc(-c3ccccc3)cc3c2n1-c1ccc(-c2ccccc2)cc1C31c2ccccc2N(c2ccccc2)c2ccccc21. The molecule has 0 unspecified atom stereocenters. The number of hydrogen-bond acceptors (Lipinski definition) is 2. The summed E-state index contributed by atoms with van der Waals surface area (Å²) in [5.74, 6) is 0. The Labute approximate surface area is 342 Å². The van der Waals surface area contributed by atoms with Crippen LogP contribution in [-0.4, -0.2) is 4.57 Å². The minimum absolute atomic E-state index is 0.0207. The molecule has 59 heavy (non-hydrogen) atoms. The van der Waals surface area contributed by atoms with Crippen LogP contribution in [0.1, 0.15) is 22.3 Å². The molecule has 0 N–H and O–H groups in total. The largest absolute Gasteiger partial charge is 0.310 e. The predicted molar refractivity (Wildman–Crippen MR) is 243 cm³/mol. The van der Waals surface area contributed by atoms with Crippen LogP contribution in [-0.2, 0) is 5.41 Å². The molecule has 0 aliphatic carbocycles. The molecule has 2 aliphatic heterocycles. The summed E-state index contributed by atoms with van der Waals surface area (Å²) in [4.78, 5) is 17.8. The van der Waals surface area contributed by atoms with Crippen LogP contribution in [0, 0.1) is 0 Å². The van der Waals surface area contributed by atoms with Crippen LogP contribution in [0.5, 0.6) is 0 Å². The molecule has 276 valence electrons. The quantitative estimate of drug-likeness (QED) is 0.167. The van der Waals surface area contributed by atoms with Crippen molar-refractivity contribution in [1.29, 1.82) is 0 Å². The number of anilines is 3. The number of para-hydroxylation sites is 3. The molecule has 0 radical (unpaired) electrons. The standard InChI is InChI=1S/C56H36N2O/c59-55-44-31-29-40(37-17-5-1-6-18-37)33-45(44)46-34-42(39-21-9-3-10-22-39)36-50-54(46)58(55)53-32-30-41(38-19-7-2-8-20-38)35-49(53)56(50)47-25-13-15-27-51(47)57(43-23-11-4-12-24-43)52-28-16-14-26-48(52)56/h1-36H. The van der Waals surface area contributed by atoms with E-state index in [0.29, 0.717) is 5.39 Å². The first-order valence-corrected chi connectivity index (χ1v) is 20.2. The summed E-state index contributed by atoms with van der Waals surface area (Å²) >= 11 is 0. The molecule has 0 bridgehead atoms. The van der Waals surface area contributed by atoms with Gasteiger partial charge < -0.3 is 4.90 Å². The van der Waals surface area contributed by atoms with Crippen molar-refractivity contribution >= 4 is 38.7 Å². The van der Waals surface area contributed by atoms with Gasteiger partial charge in [0.25, 0.3) is 5.56 Å². The van der Waals surface area contributed by atoms with E-state index in [2.05, 4.69) is 211 Å². The van der Waals surface area contributed by atoms with Crippen LogP contribution < -0.4 is 10.5 Å². The van der Waals surface area contributed by atoms with Crippen LogP contribution in [0.3, 0.4) is 0 Å². The molecule has 12 rings (SSSR count). The molecule has 0 fully saturated rings. The number of aromatic nitrogens is 1. The summed E-state index contributed by atoms with van der Waals surface area (Å²) in [6.07, 6.45) is 0. The number of hydrogen-bond donors (Lipinski definition) is 0. The predicted octanol–water partition coefficient (Wildman–Crippen LogP) is 13.6. The molecule has 3 heteroatoms. The van der Waals surface area contributed by atoms with Gasteiger partial charge in [0.05, 0.1) is 28.0 Å². The Morgan fingerprint density at radius 3 is 1.41 bits per heavy atom. The van der Waals surface area contributed by atoms with E-state index < -0.39 is 5.41 Å². The fourth-order valence-electron chi connectivity index (χ4n) is 10.0. The van der Waals surface area contributed by atoms with Crippen LogP contribution in [0.4, 0.5) is 17.1 Å². The van der Waals surface area contributed by atoms with E-state index in [4.69, 9.17) is 0 Å². The summed E-state index contributed by atoms with van der Waals surface area (Å²) in [5.41, 5.74) is 15.4.